The molecule has 0 saturated carbocycles. The molecule has 0 aliphatic rings. The number of aliphatic carboxylic acids is 1. The van der Waals surface area contributed by atoms with Gasteiger partial charge in [-0.25, -0.2) is 0 Å². The highest BCUT2D eigenvalue weighted by Gasteiger charge is 2.26. The fourth-order valence-corrected chi connectivity index (χ4v) is 0.731. The fraction of sp³-hybridized carbons (Fsp3) is 0.667. The minimum atomic E-state index is -1.25. The molecule has 0 aromatic carbocycles. The summed E-state index contributed by atoms with van der Waals surface area (Å²) in [6.07, 6.45) is 0. The van der Waals surface area contributed by atoms with Crippen molar-refractivity contribution < 1.29 is 19.4 Å². The topological polar surface area (TPSA) is 63.6 Å². The van der Waals surface area contributed by atoms with E-state index in [1.165, 1.54) is 0 Å². The Bertz CT molecular complexity index is 157. The minimum absolute atomic E-state index is 0.166. The van der Waals surface area contributed by atoms with Crippen LogP contribution < -0.4 is 0 Å². The first-order chi connectivity index (χ1) is 5.13. The van der Waals surface area contributed by atoms with Crippen molar-refractivity contribution in [2.45, 2.75) is 6.92 Å². The Balaban J connectivity index is 4.03. The van der Waals surface area contributed by atoms with E-state index in [1.54, 1.807) is 6.92 Å². The number of esters is 1. The molecule has 0 heterocycles. The van der Waals surface area contributed by atoms with Crippen LogP contribution in [0.5, 0.6) is 0 Å². The molecule has 0 aliphatic carbocycles. The zero-order chi connectivity index (χ0) is 8.85. The Labute approximate surface area is 69.1 Å². The van der Waals surface area contributed by atoms with Gasteiger partial charge in [0.2, 0.25) is 0 Å². The summed E-state index contributed by atoms with van der Waals surface area (Å²) in [5.41, 5.74) is 0. The second kappa shape index (κ2) is 4.96. The van der Waals surface area contributed by atoms with E-state index in [-0.39, 0.29) is 12.5 Å². The highest BCUT2D eigenvalue weighted by Crippen LogP contribution is 2.02. The van der Waals surface area contributed by atoms with Crippen LogP contribution in [0.4, 0.5) is 0 Å². The van der Waals surface area contributed by atoms with Gasteiger partial charge in [-0.15, -0.1) is 11.6 Å². The number of hydrogen-bond acceptors (Lipinski definition) is 3. The van der Waals surface area contributed by atoms with Crippen molar-refractivity contribution in [2.75, 3.05) is 12.5 Å². The average Bonchev–Trinajstić information content (AvgIpc) is 1.88. The molecule has 0 radical (unpaired) electrons. The second-order valence-corrected chi connectivity index (χ2v) is 2.11. The molecule has 0 aromatic rings. The number of carboxylic acids is 1. The summed E-state index contributed by atoms with van der Waals surface area (Å²) in [4.78, 5) is 21.0. The molecule has 64 valence electrons. The Morgan fingerprint density at radius 3 is 2.45 bits per heavy atom. The third kappa shape index (κ3) is 3.23. The molecule has 0 spiro atoms. The Morgan fingerprint density at radius 1 is 1.64 bits per heavy atom. The van der Waals surface area contributed by atoms with Gasteiger partial charge < -0.3 is 9.84 Å². The number of hydrogen-bond donors (Lipinski definition) is 1. The number of halogens is 1. The van der Waals surface area contributed by atoms with Gasteiger partial charge in [-0.3, -0.25) is 9.59 Å². The van der Waals surface area contributed by atoms with Crippen LogP contribution in [-0.2, 0) is 14.3 Å². The first-order valence-corrected chi connectivity index (χ1v) is 3.62. The number of rotatable bonds is 4. The predicted molar refractivity (Wildman–Crippen MR) is 38.5 cm³/mol. The molecule has 0 rings (SSSR count). The monoisotopic (exact) mass is 180 g/mol. The van der Waals surface area contributed by atoms with Gasteiger partial charge in [-0.2, -0.15) is 0 Å². The standard InChI is InChI=1S/C6H9ClO4/c1-2-11-6(10)4(3-7)5(8)9/h4H,2-3H2,1H3,(H,8,9). The van der Waals surface area contributed by atoms with Crippen LogP contribution in [-0.4, -0.2) is 29.5 Å². The second-order valence-electron chi connectivity index (χ2n) is 1.80. The zero-order valence-corrected chi connectivity index (χ0v) is 6.80. The first-order valence-electron chi connectivity index (χ1n) is 3.08. The zero-order valence-electron chi connectivity index (χ0n) is 6.04. The Hall–Kier alpha value is -0.770. The van der Waals surface area contributed by atoms with E-state index in [4.69, 9.17) is 16.7 Å². The van der Waals surface area contributed by atoms with Gasteiger partial charge in [0, 0.05) is 5.88 Å². The predicted octanol–water partition coefficient (Wildman–Crippen LogP) is 0.489. The normalized spacial score (nSPS) is 12.2. The van der Waals surface area contributed by atoms with E-state index in [1.807, 2.05) is 0 Å². The van der Waals surface area contributed by atoms with Crippen LogP contribution in [0.25, 0.3) is 0 Å². The molecule has 1 N–H and O–H groups in total. The van der Waals surface area contributed by atoms with Gasteiger partial charge in [0.05, 0.1) is 6.61 Å². The number of alkyl halides is 1. The maximum absolute atomic E-state index is 10.7. The van der Waals surface area contributed by atoms with Crippen LogP contribution in [0, 0.1) is 5.92 Å². The van der Waals surface area contributed by atoms with Crippen molar-refractivity contribution in [2.24, 2.45) is 5.92 Å². The summed E-state index contributed by atoms with van der Waals surface area (Å²) in [5, 5.41) is 8.39. The quantitative estimate of drug-likeness (QED) is 0.389. The maximum Gasteiger partial charge on any atom is 0.321 e. The van der Waals surface area contributed by atoms with E-state index >= 15 is 0 Å². The Morgan fingerprint density at radius 2 is 2.18 bits per heavy atom. The summed E-state index contributed by atoms with van der Waals surface area (Å²) in [7, 11) is 0. The number of ether oxygens (including phenoxy) is 1. The largest absolute Gasteiger partial charge is 0.481 e. The molecular formula is C6H9ClO4. The van der Waals surface area contributed by atoms with Crippen molar-refractivity contribution in [1.29, 1.82) is 0 Å². The summed E-state index contributed by atoms with van der Waals surface area (Å²) in [5.74, 6) is -3.53. The summed E-state index contributed by atoms with van der Waals surface area (Å²) >= 11 is 5.21. The molecule has 0 amide bonds. The molecule has 11 heavy (non-hydrogen) atoms. The third-order valence-corrected chi connectivity index (χ3v) is 1.33. The number of carbonyl (C=O) groups is 2. The average molecular weight is 181 g/mol. The van der Waals surface area contributed by atoms with Crippen LogP contribution in [0.2, 0.25) is 0 Å². The van der Waals surface area contributed by atoms with Gasteiger partial charge in [-0.05, 0) is 6.92 Å². The van der Waals surface area contributed by atoms with Crippen molar-refractivity contribution in [3.63, 3.8) is 0 Å². The molecular weight excluding hydrogens is 172 g/mol. The summed E-state index contributed by atoms with van der Waals surface area (Å²) in [6, 6.07) is 0. The van der Waals surface area contributed by atoms with E-state index in [0.717, 1.165) is 0 Å². The Kier molecular flexibility index (Phi) is 4.61. The lowest BCUT2D eigenvalue weighted by Crippen LogP contribution is -2.27. The smallest absolute Gasteiger partial charge is 0.321 e. The van der Waals surface area contributed by atoms with Crippen LogP contribution in [0.1, 0.15) is 6.92 Å². The molecule has 1 atom stereocenters. The first kappa shape index (κ1) is 10.2. The van der Waals surface area contributed by atoms with Gasteiger partial charge in [0.1, 0.15) is 0 Å². The van der Waals surface area contributed by atoms with E-state index in [0.29, 0.717) is 0 Å². The van der Waals surface area contributed by atoms with Gasteiger partial charge in [-0.1, -0.05) is 0 Å². The molecule has 4 nitrogen and oxygen atoms in total. The maximum atomic E-state index is 10.7. The SMILES string of the molecule is CCOC(=O)C(CCl)C(=O)O. The fourth-order valence-electron chi connectivity index (χ4n) is 0.473. The minimum Gasteiger partial charge on any atom is -0.481 e. The summed E-state index contributed by atoms with van der Waals surface area (Å²) in [6.45, 7) is 1.77. The lowest BCUT2D eigenvalue weighted by atomic mass is 10.2. The van der Waals surface area contributed by atoms with E-state index < -0.39 is 17.9 Å². The lowest BCUT2D eigenvalue weighted by molar-refractivity contribution is -0.157. The molecule has 1 unspecified atom stereocenters. The van der Waals surface area contributed by atoms with Crippen molar-refractivity contribution in [1.82, 2.24) is 0 Å². The van der Waals surface area contributed by atoms with Gasteiger partial charge in [0.15, 0.2) is 5.92 Å². The van der Waals surface area contributed by atoms with Crippen molar-refractivity contribution in [3.8, 4) is 0 Å². The van der Waals surface area contributed by atoms with Crippen molar-refractivity contribution in [3.05, 3.63) is 0 Å². The van der Waals surface area contributed by atoms with E-state index in [9.17, 15) is 9.59 Å². The molecule has 0 aromatic heterocycles. The molecule has 0 fully saturated rings. The van der Waals surface area contributed by atoms with E-state index in [2.05, 4.69) is 4.74 Å². The lowest BCUT2D eigenvalue weighted by Gasteiger charge is -2.06. The highest BCUT2D eigenvalue weighted by atomic mass is 35.5. The van der Waals surface area contributed by atoms with Crippen LogP contribution in [0.15, 0.2) is 0 Å². The van der Waals surface area contributed by atoms with Crippen LogP contribution >= 0.6 is 11.6 Å². The number of carbonyl (C=O) groups excluding carboxylic acids is 1. The highest BCUT2D eigenvalue weighted by molar-refractivity contribution is 6.21. The van der Waals surface area contributed by atoms with Crippen molar-refractivity contribution >= 4 is 23.5 Å². The molecule has 5 heteroatoms. The van der Waals surface area contributed by atoms with Crippen LogP contribution in [0.3, 0.4) is 0 Å². The van der Waals surface area contributed by atoms with Gasteiger partial charge in [0.25, 0.3) is 0 Å². The number of carboxylic acid groups (broad SMARTS) is 1. The summed E-state index contributed by atoms with van der Waals surface area (Å²) < 4.78 is 4.45. The third-order valence-electron chi connectivity index (χ3n) is 1.02. The molecule has 0 aliphatic heterocycles. The molecule has 0 bridgehead atoms. The van der Waals surface area contributed by atoms with Gasteiger partial charge >= 0.3 is 11.9 Å². The molecule has 0 saturated heterocycles.